The van der Waals surface area contributed by atoms with E-state index < -0.39 is 35.1 Å². The number of aliphatic hydroxyl groups is 2. The molecule has 0 saturated heterocycles. The lowest BCUT2D eigenvalue weighted by Crippen LogP contribution is -2.41. The van der Waals surface area contributed by atoms with Crippen LogP contribution in [0.4, 0.5) is 0 Å². The smallest absolute Gasteiger partial charge is 0.267 e. The van der Waals surface area contributed by atoms with Gasteiger partial charge in [0.2, 0.25) is 6.54 Å². The van der Waals surface area contributed by atoms with Crippen molar-refractivity contribution >= 4 is 0 Å². The zero-order chi connectivity index (χ0) is 9.72. The lowest BCUT2D eigenvalue weighted by atomic mass is 10.2. The normalized spacial score (nSPS) is 15.2. The lowest BCUT2D eigenvalue weighted by molar-refractivity contribution is -0.559. The summed E-state index contributed by atoms with van der Waals surface area (Å²) in [5.74, 6) is 0. The summed E-state index contributed by atoms with van der Waals surface area (Å²) in [5.41, 5.74) is 0. The van der Waals surface area contributed by atoms with Crippen LogP contribution in [0.3, 0.4) is 0 Å². The van der Waals surface area contributed by atoms with Crippen molar-refractivity contribution in [3.8, 4) is 0 Å². The molecule has 8 nitrogen and oxygen atoms in total. The summed E-state index contributed by atoms with van der Waals surface area (Å²) in [6, 6.07) is -1.68. The molecule has 0 aliphatic heterocycles. The number of hydrogen-bond acceptors (Lipinski definition) is 6. The summed E-state index contributed by atoms with van der Waals surface area (Å²) in [7, 11) is 0. The van der Waals surface area contributed by atoms with Crippen molar-refractivity contribution in [1.29, 1.82) is 0 Å². The van der Waals surface area contributed by atoms with E-state index in [-0.39, 0.29) is 0 Å². The Morgan fingerprint density at radius 2 is 1.83 bits per heavy atom. The van der Waals surface area contributed by atoms with Gasteiger partial charge in [0.25, 0.3) is 6.04 Å². The van der Waals surface area contributed by atoms with Crippen LogP contribution in [0.1, 0.15) is 0 Å². The maximum absolute atomic E-state index is 10.0. The number of nitro groups is 2. The second-order valence-electron chi connectivity index (χ2n) is 2.12. The Labute approximate surface area is 66.7 Å². The van der Waals surface area contributed by atoms with E-state index in [1.807, 2.05) is 0 Å². The van der Waals surface area contributed by atoms with Gasteiger partial charge in [-0.2, -0.15) is 0 Å². The summed E-state index contributed by atoms with van der Waals surface area (Å²) in [5, 5.41) is 37.0. The second-order valence-corrected chi connectivity index (χ2v) is 2.12. The van der Waals surface area contributed by atoms with Crippen LogP contribution in [-0.2, 0) is 0 Å². The molecular formula is C4H8N2O6. The van der Waals surface area contributed by atoms with Crippen LogP contribution in [0.2, 0.25) is 0 Å². The van der Waals surface area contributed by atoms with E-state index in [4.69, 9.17) is 10.2 Å². The lowest BCUT2D eigenvalue weighted by Gasteiger charge is -2.09. The van der Waals surface area contributed by atoms with Crippen LogP contribution in [0, 0.1) is 20.2 Å². The molecule has 0 bridgehead atoms. The molecule has 0 amide bonds. The predicted octanol–water partition coefficient (Wildman–Crippen LogP) is -1.74. The zero-order valence-electron chi connectivity index (χ0n) is 5.99. The maximum atomic E-state index is 10.0. The van der Waals surface area contributed by atoms with E-state index in [1.165, 1.54) is 0 Å². The van der Waals surface area contributed by atoms with Gasteiger partial charge in [0.15, 0.2) is 6.10 Å². The molecule has 0 radical (unpaired) electrons. The van der Waals surface area contributed by atoms with Crippen LogP contribution < -0.4 is 0 Å². The minimum atomic E-state index is -1.75. The molecule has 0 aromatic carbocycles. The first kappa shape index (κ1) is 10.7. The Hall–Kier alpha value is -1.28. The SMILES string of the molecule is O=[N+]([O-])CC(O)C(CO)[N+](=O)[O-]. The monoisotopic (exact) mass is 180 g/mol. The van der Waals surface area contributed by atoms with E-state index in [2.05, 4.69) is 0 Å². The molecule has 0 spiro atoms. The summed E-state index contributed by atoms with van der Waals surface area (Å²) in [4.78, 5) is 18.0. The Bertz CT molecular complexity index is 182. The van der Waals surface area contributed by atoms with Gasteiger partial charge in [-0.15, -0.1) is 0 Å². The van der Waals surface area contributed by atoms with Crippen LogP contribution in [0.15, 0.2) is 0 Å². The van der Waals surface area contributed by atoms with Crippen molar-refractivity contribution in [2.45, 2.75) is 12.1 Å². The minimum absolute atomic E-state index is 0.878. The third-order valence-electron chi connectivity index (χ3n) is 1.24. The quantitative estimate of drug-likeness (QED) is 0.382. The number of hydrogen-bond donors (Lipinski definition) is 2. The second kappa shape index (κ2) is 4.57. The van der Waals surface area contributed by atoms with Crippen LogP contribution in [-0.4, -0.2) is 45.4 Å². The third-order valence-corrected chi connectivity index (χ3v) is 1.24. The summed E-state index contributed by atoms with van der Waals surface area (Å²) < 4.78 is 0. The average molecular weight is 180 g/mol. The highest BCUT2D eigenvalue weighted by Crippen LogP contribution is 1.97. The number of aliphatic hydroxyl groups excluding tert-OH is 2. The topological polar surface area (TPSA) is 127 Å². The molecule has 8 heteroatoms. The first-order valence-electron chi connectivity index (χ1n) is 3.03. The Kier molecular flexibility index (Phi) is 4.08. The van der Waals surface area contributed by atoms with Gasteiger partial charge in [-0.25, -0.2) is 0 Å². The average Bonchev–Trinajstić information content (AvgIpc) is 1.85. The van der Waals surface area contributed by atoms with Crippen molar-refractivity contribution in [2.75, 3.05) is 13.2 Å². The summed E-state index contributed by atoms with van der Waals surface area (Å²) in [6.07, 6.45) is -1.75. The van der Waals surface area contributed by atoms with Crippen molar-refractivity contribution in [3.63, 3.8) is 0 Å². The molecule has 0 aromatic heterocycles. The van der Waals surface area contributed by atoms with Gasteiger partial charge < -0.3 is 10.2 Å². The van der Waals surface area contributed by atoms with Crippen molar-refractivity contribution in [1.82, 2.24) is 0 Å². The van der Waals surface area contributed by atoms with Gasteiger partial charge >= 0.3 is 0 Å². The number of nitrogens with zero attached hydrogens (tertiary/aromatic N) is 2. The number of rotatable bonds is 5. The first-order valence-corrected chi connectivity index (χ1v) is 3.03. The standard InChI is InChI=1S/C4H8N2O6/c7-2-3(6(11)12)4(8)1-5(9)10/h3-4,7-8H,1-2H2. The predicted molar refractivity (Wildman–Crippen MR) is 35.7 cm³/mol. The Balaban J connectivity index is 4.11. The van der Waals surface area contributed by atoms with Gasteiger partial charge in [0.1, 0.15) is 6.61 Å². The molecule has 0 aliphatic carbocycles. The molecule has 70 valence electrons. The highest BCUT2D eigenvalue weighted by atomic mass is 16.6. The van der Waals surface area contributed by atoms with E-state index >= 15 is 0 Å². The molecule has 2 unspecified atom stereocenters. The Morgan fingerprint density at radius 3 is 2.08 bits per heavy atom. The highest BCUT2D eigenvalue weighted by Gasteiger charge is 2.32. The summed E-state index contributed by atoms with van der Waals surface area (Å²) >= 11 is 0. The van der Waals surface area contributed by atoms with Crippen LogP contribution >= 0.6 is 0 Å². The van der Waals surface area contributed by atoms with E-state index in [1.54, 1.807) is 0 Å². The van der Waals surface area contributed by atoms with Crippen LogP contribution in [0.5, 0.6) is 0 Å². The van der Waals surface area contributed by atoms with E-state index in [0.29, 0.717) is 0 Å². The largest absolute Gasteiger partial charge is 0.389 e. The van der Waals surface area contributed by atoms with Gasteiger partial charge in [-0.1, -0.05) is 0 Å². The van der Waals surface area contributed by atoms with Gasteiger partial charge in [-0.3, -0.25) is 20.2 Å². The van der Waals surface area contributed by atoms with Crippen molar-refractivity contribution in [3.05, 3.63) is 20.2 Å². The van der Waals surface area contributed by atoms with E-state index in [9.17, 15) is 20.2 Å². The third kappa shape index (κ3) is 3.21. The molecule has 0 rings (SSSR count). The van der Waals surface area contributed by atoms with Crippen molar-refractivity contribution in [2.24, 2.45) is 0 Å². The Morgan fingerprint density at radius 1 is 1.33 bits per heavy atom. The maximum Gasteiger partial charge on any atom is 0.267 e. The molecule has 12 heavy (non-hydrogen) atoms. The highest BCUT2D eigenvalue weighted by molar-refractivity contribution is 4.65. The first-order chi connectivity index (χ1) is 5.49. The van der Waals surface area contributed by atoms with Gasteiger partial charge in [0, 0.05) is 9.85 Å². The molecule has 2 N–H and O–H groups in total. The summed E-state index contributed by atoms with van der Waals surface area (Å²) in [6.45, 7) is -1.85. The minimum Gasteiger partial charge on any atom is -0.389 e. The molecule has 0 fully saturated rings. The molecule has 0 saturated carbocycles. The molecule has 0 aromatic rings. The molecule has 0 heterocycles. The fraction of sp³-hybridized carbons (Fsp3) is 1.00. The van der Waals surface area contributed by atoms with Gasteiger partial charge in [-0.05, 0) is 0 Å². The fourth-order valence-corrected chi connectivity index (χ4v) is 0.603. The molecule has 2 atom stereocenters. The molecule has 0 aliphatic rings. The zero-order valence-corrected chi connectivity index (χ0v) is 5.99. The van der Waals surface area contributed by atoms with Crippen LogP contribution in [0.25, 0.3) is 0 Å². The van der Waals surface area contributed by atoms with E-state index in [0.717, 1.165) is 0 Å². The van der Waals surface area contributed by atoms with Gasteiger partial charge in [0.05, 0.1) is 0 Å². The molecular weight excluding hydrogens is 172 g/mol. The van der Waals surface area contributed by atoms with Crippen molar-refractivity contribution < 1.29 is 20.1 Å². The fourth-order valence-electron chi connectivity index (χ4n) is 0.603.